The van der Waals surface area contributed by atoms with Gasteiger partial charge in [0.15, 0.2) is 5.69 Å². The van der Waals surface area contributed by atoms with Gasteiger partial charge in [0.05, 0.1) is 28.9 Å². The zero-order valence-electron chi connectivity index (χ0n) is 14.8. The first-order valence-electron chi connectivity index (χ1n) is 8.35. The molecule has 0 amide bonds. The van der Waals surface area contributed by atoms with E-state index in [1.165, 1.54) is 0 Å². The summed E-state index contributed by atoms with van der Waals surface area (Å²) in [5.74, 6) is -0.446. The molecule has 27 heavy (non-hydrogen) atoms. The topological polar surface area (TPSA) is 44.1 Å². The number of carbonyl (C=O) groups is 1. The van der Waals surface area contributed by atoms with E-state index in [2.05, 4.69) is 5.10 Å². The lowest BCUT2D eigenvalue weighted by molar-refractivity contribution is 0.0517. The third-order valence-electron chi connectivity index (χ3n) is 4.09. The zero-order chi connectivity index (χ0) is 19.6. The molecule has 0 aliphatic heterocycles. The average molecular weight is 424 g/mol. The standard InChI is InChI=1S/C20H17Cl3N2O2/c1-3-27-20(26)18-12(2)19(14-5-7-15(21)8-6-14)25(24-18)11-13-4-9-16(22)17(23)10-13/h4-10H,3,11H2,1-2H3. The fraction of sp³-hybridized carbons (Fsp3) is 0.200. The molecular weight excluding hydrogens is 407 g/mol. The molecule has 4 nitrogen and oxygen atoms in total. The van der Waals surface area contributed by atoms with Crippen LogP contribution in [0, 0.1) is 6.92 Å². The summed E-state index contributed by atoms with van der Waals surface area (Å²) in [7, 11) is 0. The van der Waals surface area contributed by atoms with Crippen LogP contribution < -0.4 is 0 Å². The van der Waals surface area contributed by atoms with E-state index >= 15 is 0 Å². The second kappa shape index (κ2) is 8.34. The molecule has 3 aromatic rings. The Morgan fingerprint density at radius 3 is 2.41 bits per heavy atom. The Morgan fingerprint density at radius 2 is 1.78 bits per heavy atom. The lowest BCUT2D eigenvalue weighted by Gasteiger charge is -2.10. The first-order valence-corrected chi connectivity index (χ1v) is 9.48. The van der Waals surface area contributed by atoms with Gasteiger partial charge in [0.25, 0.3) is 0 Å². The van der Waals surface area contributed by atoms with Crippen molar-refractivity contribution in [2.24, 2.45) is 0 Å². The molecule has 0 bridgehead atoms. The molecule has 0 saturated heterocycles. The molecular formula is C20H17Cl3N2O2. The lowest BCUT2D eigenvalue weighted by atomic mass is 10.1. The van der Waals surface area contributed by atoms with E-state index in [4.69, 9.17) is 39.5 Å². The van der Waals surface area contributed by atoms with Gasteiger partial charge < -0.3 is 4.74 Å². The molecule has 1 aromatic heterocycles. The molecule has 0 unspecified atom stereocenters. The Balaban J connectivity index is 2.09. The van der Waals surface area contributed by atoms with Crippen LogP contribution in [0.15, 0.2) is 42.5 Å². The SMILES string of the molecule is CCOC(=O)c1nn(Cc2ccc(Cl)c(Cl)c2)c(-c2ccc(Cl)cc2)c1C. The van der Waals surface area contributed by atoms with Gasteiger partial charge in [-0.1, -0.05) is 53.0 Å². The Hall–Kier alpha value is -2.01. The van der Waals surface area contributed by atoms with E-state index in [0.717, 1.165) is 22.4 Å². The molecule has 0 atom stereocenters. The van der Waals surface area contributed by atoms with Gasteiger partial charge in [-0.15, -0.1) is 0 Å². The van der Waals surface area contributed by atoms with Crippen LogP contribution >= 0.6 is 34.8 Å². The maximum atomic E-state index is 12.3. The molecule has 1 heterocycles. The van der Waals surface area contributed by atoms with Gasteiger partial charge in [-0.3, -0.25) is 4.68 Å². The third kappa shape index (κ3) is 4.29. The van der Waals surface area contributed by atoms with Gasteiger partial charge in [0.1, 0.15) is 0 Å². The number of hydrogen-bond acceptors (Lipinski definition) is 3. The predicted octanol–water partition coefficient (Wildman–Crippen LogP) is 6.04. The quantitative estimate of drug-likeness (QED) is 0.470. The lowest BCUT2D eigenvalue weighted by Crippen LogP contribution is -2.09. The second-order valence-electron chi connectivity index (χ2n) is 5.96. The fourth-order valence-corrected chi connectivity index (χ4v) is 3.29. The molecule has 0 aliphatic carbocycles. The maximum Gasteiger partial charge on any atom is 0.359 e. The number of nitrogens with zero attached hydrogens (tertiary/aromatic N) is 2. The van der Waals surface area contributed by atoms with Gasteiger partial charge in [0, 0.05) is 16.1 Å². The summed E-state index contributed by atoms with van der Waals surface area (Å²) in [6.45, 7) is 4.33. The fourth-order valence-electron chi connectivity index (χ4n) is 2.84. The summed E-state index contributed by atoms with van der Waals surface area (Å²) in [6, 6.07) is 12.8. The second-order valence-corrected chi connectivity index (χ2v) is 7.21. The van der Waals surface area contributed by atoms with Gasteiger partial charge in [-0.2, -0.15) is 5.10 Å². The van der Waals surface area contributed by atoms with Crippen molar-refractivity contribution in [1.29, 1.82) is 0 Å². The number of carbonyl (C=O) groups excluding carboxylic acids is 1. The number of hydrogen-bond donors (Lipinski definition) is 0. The highest BCUT2D eigenvalue weighted by atomic mass is 35.5. The maximum absolute atomic E-state index is 12.3. The molecule has 0 spiro atoms. The van der Waals surface area contributed by atoms with Crippen molar-refractivity contribution in [3.05, 3.63) is 74.4 Å². The zero-order valence-corrected chi connectivity index (χ0v) is 17.1. The van der Waals surface area contributed by atoms with Crippen molar-refractivity contribution in [2.45, 2.75) is 20.4 Å². The summed E-state index contributed by atoms with van der Waals surface area (Å²) < 4.78 is 6.91. The summed E-state index contributed by atoms with van der Waals surface area (Å²) >= 11 is 18.1. The summed E-state index contributed by atoms with van der Waals surface area (Å²) in [5, 5.41) is 6.10. The highest BCUT2D eigenvalue weighted by Crippen LogP contribution is 2.29. The molecule has 140 valence electrons. The van der Waals surface area contributed by atoms with Crippen LogP contribution in [0.4, 0.5) is 0 Å². The van der Waals surface area contributed by atoms with E-state index in [9.17, 15) is 4.79 Å². The van der Waals surface area contributed by atoms with Crippen LogP contribution in [0.25, 0.3) is 11.3 Å². The molecule has 0 aliphatic rings. The van der Waals surface area contributed by atoms with Crippen molar-refractivity contribution in [3.8, 4) is 11.3 Å². The predicted molar refractivity (Wildman–Crippen MR) is 109 cm³/mol. The minimum absolute atomic E-state index is 0.286. The highest BCUT2D eigenvalue weighted by Gasteiger charge is 2.22. The van der Waals surface area contributed by atoms with Crippen LogP contribution in [-0.2, 0) is 11.3 Å². The van der Waals surface area contributed by atoms with E-state index in [1.54, 1.807) is 35.9 Å². The van der Waals surface area contributed by atoms with Crippen LogP contribution in [0.2, 0.25) is 15.1 Å². The van der Waals surface area contributed by atoms with E-state index in [1.807, 2.05) is 25.1 Å². The van der Waals surface area contributed by atoms with Crippen molar-refractivity contribution >= 4 is 40.8 Å². The van der Waals surface area contributed by atoms with Crippen LogP contribution in [0.1, 0.15) is 28.5 Å². The van der Waals surface area contributed by atoms with E-state index in [0.29, 0.717) is 27.3 Å². The number of rotatable bonds is 5. The third-order valence-corrected chi connectivity index (χ3v) is 5.08. The Bertz CT molecular complexity index is 982. The number of ether oxygens (including phenoxy) is 1. The highest BCUT2D eigenvalue weighted by molar-refractivity contribution is 6.42. The van der Waals surface area contributed by atoms with E-state index < -0.39 is 5.97 Å². The Labute approximate surface area is 172 Å². The summed E-state index contributed by atoms with van der Waals surface area (Å²) in [6.07, 6.45) is 0. The van der Waals surface area contributed by atoms with Crippen molar-refractivity contribution in [2.75, 3.05) is 6.61 Å². The minimum atomic E-state index is -0.446. The average Bonchev–Trinajstić information content (AvgIpc) is 2.95. The first kappa shape index (κ1) is 19.7. The van der Waals surface area contributed by atoms with Crippen LogP contribution in [0.5, 0.6) is 0 Å². The summed E-state index contributed by atoms with van der Waals surface area (Å²) in [5.41, 5.74) is 3.68. The molecule has 0 radical (unpaired) electrons. The van der Waals surface area contributed by atoms with Gasteiger partial charge >= 0.3 is 5.97 Å². The van der Waals surface area contributed by atoms with Crippen LogP contribution in [-0.4, -0.2) is 22.4 Å². The Morgan fingerprint density at radius 1 is 1.07 bits per heavy atom. The monoisotopic (exact) mass is 422 g/mol. The number of halogens is 3. The van der Waals surface area contributed by atoms with Gasteiger partial charge in [-0.25, -0.2) is 4.79 Å². The molecule has 0 N–H and O–H groups in total. The Kier molecular flexibility index (Phi) is 6.10. The molecule has 0 saturated carbocycles. The largest absolute Gasteiger partial charge is 0.461 e. The normalized spacial score (nSPS) is 10.9. The van der Waals surface area contributed by atoms with Gasteiger partial charge in [-0.05, 0) is 43.7 Å². The number of benzene rings is 2. The first-order chi connectivity index (χ1) is 12.9. The van der Waals surface area contributed by atoms with Crippen molar-refractivity contribution in [1.82, 2.24) is 9.78 Å². The molecule has 7 heteroatoms. The molecule has 0 fully saturated rings. The minimum Gasteiger partial charge on any atom is -0.461 e. The molecule has 2 aromatic carbocycles. The number of aromatic nitrogens is 2. The van der Waals surface area contributed by atoms with Gasteiger partial charge in [0.2, 0.25) is 0 Å². The van der Waals surface area contributed by atoms with E-state index in [-0.39, 0.29) is 6.61 Å². The summed E-state index contributed by atoms with van der Waals surface area (Å²) in [4.78, 5) is 12.3. The van der Waals surface area contributed by atoms with Crippen LogP contribution in [0.3, 0.4) is 0 Å². The van der Waals surface area contributed by atoms with Crippen molar-refractivity contribution < 1.29 is 9.53 Å². The molecule has 3 rings (SSSR count). The smallest absolute Gasteiger partial charge is 0.359 e. The number of esters is 1. The van der Waals surface area contributed by atoms with Crippen molar-refractivity contribution in [3.63, 3.8) is 0 Å².